The smallest absolute Gasteiger partial charge is 0.178 e. The summed E-state index contributed by atoms with van der Waals surface area (Å²) in [4.78, 5) is 0. The lowest BCUT2D eigenvalue weighted by Crippen LogP contribution is -2.05. The number of benzene rings is 1. The minimum absolute atomic E-state index is 0.0324. The van der Waals surface area contributed by atoms with Crippen LogP contribution >= 0.6 is 24.2 Å². The molecule has 1 aromatic carbocycles. The average molecular weight is 265 g/mol. The van der Waals surface area contributed by atoms with Crippen molar-refractivity contribution in [2.24, 2.45) is 0 Å². The summed E-state index contributed by atoms with van der Waals surface area (Å²) in [5.74, 6) is 5.89. The van der Waals surface area contributed by atoms with Gasteiger partial charge >= 0.3 is 6.18 Å². The Hall–Kier alpha value is -0.790. The molecule has 0 atom stereocenters. The van der Waals surface area contributed by atoms with Crippen molar-refractivity contribution in [3.05, 3.63) is 34.3 Å². The van der Waals surface area contributed by atoms with Crippen molar-refractivity contribution in [2.45, 2.75) is 12.6 Å². The molecule has 0 spiro atoms. The molecule has 0 radical (unpaired) electrons. The second-order valence-corrected chi connectivity index (χ2v) is 3.89. The molecule has 0 aliphatic heterocycles. The van der Waals surface area contributed by atoms with Gasteiger partial charge in [-0.3, -0.25) is 0 Å². The zero-order chi connectivity index (χ0) is 12.2. The first-order valence-electron chi connectivity index (χ1n) is 4.41. The van der Waals surface area contributed by atoms with Crippen LogP contribution in [0.4, 0.5) is 13.2 Å². The van der Waals surface area contributed by atoms with Gasteiger partial charge in [0.25, 0.3) is 0 Å². The average Bonchev–Trinajstić information content (AvgIpc) is 2.16. The minimum atomic E-state index is -4.40. The first-order chi connectivity index (χ1) is 7.43. The van der Waals surface area contributed by atoms with Gasteiger partial charge in [-0.2, -0.15) is 25.8 Å². The summed E-state index contributed by atoms with van der Waals surface area (Å²) in [6.07, 6.45) is -3.87. The third-order valence-electron chi connectivity index (χ3n) is 1.69. The summed E-state index contributed by atoms with van der Waals surface area (Å²) in [5, 5.41) is 0.0324. The largest absolute Gasteiger partial charge is 0.416 e. The summed E-state index contributed by atoms with van der Waals surface area (Å²) in [7, 11) is 0. The SMILES string of the molecule is FC(F)(F)c1cc(Cl)cc(C#CCCS)c1. The van der Waals surface area contributed by atoms with Gasteiger partial charge in [0.2, 0.25) is 0 Å². The van der Waals surface area contributed by atoms with Crippen molar-refractivity contribution >= 4 is 24.2 Å². The van der Waals surface area contributed by atoms with Crippen LogP contribution in [0.1, 0.15) is 17.5 Å². The first-order valence-corrected chi connectivity index (χ1v) is 5.42. The maximum Gasteiger partial charge on any atom is 0.416 e. The van der Waals surface area contributed by atoms with Gasteiger partial charge in [-0.05, 0) is 18.2 Å². The Labute approximate surface area is 102 Å². The molecule has 0 nitrogen and oxygen atoms in total. The van der Waals surface area contributed by atoms with Crippen LogP contribution in [0.15, 0.2) is 18.2 Å². The Bertz CT molecular complexity index is 429. The number of rotatable bonds is 1. The molecular formula is C11H8ClF3S. The number of hydrogen-bond acceptors (Lipinski definition) is 1. The van der Waals surface area contributed by atoms with Crippen molar-refractivity contribution in [1.82, 2.24) is 0 Å². The molecule has 0 amide bonds. The zero-order valence-corrected chi connectivity index (χ0v) is 9.76. The highest BCUT2D eigenvalue weighted by Crippen LogP contribution is 2.31. The Morgan fingerprint density at radius 1 is 1.25 bits per heavy atom. The molecule has 0 saturated carbocycles. The second-order valence-electron chi connectivity index (χ2n) is 3.00. The maximum absolute atomic E-state index is 12.4. The summed E-state index contributed by atoms with van der Waals surface area (Å²) in [6.45, 7) is 0. The normalized spacial score (nSPS) is 10.8. The number of halogens is 4. The Morgan fingerprint density at radius 3 is 2.50 bits per heavy atom. The van der Waals surface area contributed by atoms with Crippen molar-refractivity contribution in [1.29, 1.82) is 0 Å². The van der Waals surface area contributed by atoms with E-state index < -0.39 is 11.7 Å². The van der Waals surface area contributed by atoms with Gasteiger partial charge in [0, 0.05) is 22.8 Å². The van der Waals surface area contributed by atoms with E-state index in [0.717, 1.165) is 12.1 Å². The van der Waals surface area contributed by atoms with E-state index >= 15 is 0 Å². The van der Waals surface area contributed by atoms with E-state index in [1.165, 1.54) is 6.07 Å². The fourth-order valence-corrected chi connectivity index (χ4v) is 1.39. The fourth-order valence-electron chi connectivity index (χ4n) is 1.05. The molecular weight excluding hydrogens is 257 g/mol. The summed E-state index contributed by atoms with van der Waals surface area (Å²) in [5.41, 5.74) is -0.517. The standard InChI is InChI=1S/C11H8ClF3S/c12-10-6-8(3-1-2-4-16)5-9(7-10)11(13,14)15/h5-7,16H,2,4H2. The highest BCUT2D eigenvalue weighted by Gasteiger charge is 2.30. The van der Waals surface area contributed by atoms with E-state index in [4.69, 9.17) is 11.6 Å². The number of alkyl halides is 3. The van der Waals surface area contributed by atoms with Gasteiger partial charge in [-0.15, -0.1) is 0 Å². The van der Waals surface area contributed by atoms with Crippen molar-refractivity contribution in [3.8, 4) is 11.8 Å². The summed E-state index contributed by atoms with van der Waals surface area (Å²) in [6, 6.07) is 3.27. The highest BCUT2D eigenvalue weighted by atomic mass is 35.5. The second kappa shape index (κ2) is 5.51. The molecule has 1 aromatic rings. The molecule has 1 rings (SSSR count). The number of thiol groups is 1. The molecule has 0 fully saturated rings. The number of hydrogen-bond donors (Lipinski definition) is 1. The molecule has 5 heteroatoms. The predicted octanol–water partition coefficient (Wildman–Crippen LogP) is 4.03. The van der Waals surface area contributed by atoms with Gasteiger partial charge in [0.15, 0.2) is 0 Å². The van der Waals surface area contributed by atoms with E-state index in [1.807, 2.05) is 0 Å². The lowest BCUT2D eigenvalue weighted by molar-refractivity contribution is -0.137. The minimum Gasteiger partial charge on any atom is -0.178 e. The highest BCUT2D eigenvalue weighted by molar-refractivity contribution is 7.80. The van der Waals surface area contributed by atoms with Crippen LogP contribution < -0.4 is 0 Å². The lowest BCUT2D eigenvalue weighted by atomic mass is 10.1. The zero-order valence-electron chi connectivity index (χ0n) is 8.11. The van der Waals surface area contributed by atoms with Crippen molar-refractivity contribution in [2.75, 3.05) is 5.75 Å². The van der Waals surface area contributed by atoms with Gasteiger partial charge in [-0.1, -0.05) is 23.4 Å². The molecule has 0 aromatic heterocycles. The van der Waals surface area contributed by atoms with Crippen molar-refractivity contribution in [3.63, 3.8) is 0 Å². The van der Waals surface area contributed by atoms with Gasteiger partial charge in [-0.25, -0.2) is 0 Å². The maximum atomic E-state index is 12.4. The van der Waals surface area contributed by atoms with E-state index in [1.54, 1.807) is 0 Å². The van der Waals surface area contributed by atoms with Crippen molar-refractivity contribution < 1.29 is 13.2 Å². The quantitative estimate of drug-likeness (QED) is 0.575. The molecule has 0 saturated heterocycles. The molecule has 0 bridgehead atoms. The van der Waals surface area contributed by atoms with E-state index in [-0.39, 0.29) is 10.6 Å². The van der Waals surface area contributed by atoms with E-state index in [9.17, 15) is 13.2 Å². The van der Waals surface area contributed by atoms with Crippen LogP contribution in [-0.4, -0.2) is 5.75 Å². The van der Waals surface area contributed by atoms with Gasteiger partial charge in [0.1, 0.15) is 0 Å². The molecule has 0 N–H and O–H groups in total. The fraction of sp³-hybridized carbons (Fsp3) is 0.273. The van der Waals surface area contributed by atoms with E-state index in [2.05, 4.69) is 24.5 Å². The van der Waals surface area contributed by atoms with Gasteiger partial charge < -0.3 is 0 Å². The van der Waals surface area contributed by atoms with Crippen LogP contribution in [-0.2, 0) is 6.18 Å². The third kappa shape index (κ3) is 3.99. The Morgan fingerprint density at radius 2 is 1.94 bits per heavy atom. The van der Waals surface area contributed by atoms with Crippen LogP contribution in [0.5, 0.6) is 0 Å². The molecule has 0 aliphatic carbocycles. The molecule has 16 heavy (non-hydrogen) atoms. The molecule has 0 unspecified atom stereocenters. The van der Waals surface area contributed by atoms with E-state index in [0.29, 0.717) is 12.2 Å². The lowest BCUT2D eigenvalue weighted by Gasteiger charge is -2.07. The van der Waals surface area contributed by atoms with Crippen LogP contribution in [0.25, 0.3) is 0 Å². The molecule has 0 aliphatic rings. The monoisotopic (exact) mass is 264 g/mol. The van der Waals surface area contributed by atoms with Gasteiger partial charge in [0.05, 0.1) is 5.56 Å². The van der Waals surface area contributed by atoms with Crippen LogP contribution in [0.2, 0.25) is 5.02 Å². The Kier molecular flexibility index (Phi) is 4.57. The predicted molar refractivity (Wildman–Crippen MR) is 61.8 cm³/mol. The van der Waals surface area contributed by atoms with Crippen LogP contribution in [0.3, 0.4) is 0 Å². The topological polar surface area (TPSA) is 0 Å². The third-order valence-corrected chi connectivity index (χ3v) is 2.14. The Balaban J connectivity index is 3.05. The molecule has 0 heterocycles. The van der Waals surface area contributed by atoms with Crippen LogP contribution in [0, 0.1) is 11.8 Å². The first kappa shape index (κ1) is 13.3. The molecule has 86 valence electrons. The summed E-state index contributed by atoms with van der Waals surface area (Å²) < 4.78 is 37.3. The summed E-state index contributed by atoms with van der Waals surface area (Å²) >= 11 is 9.53.